The smallest absolute Gasteiger partial charge is 0.0163 e. The molecular formula is C32H66ClN. The second-order valence-corrected chi connectivity index (χ2v) is 10.6. The van der Waals surface area contributed by atoms with Gasteiger partial charge in [0.2, 0.25) is 0 Å². The second-order valence-electron chi connectivity index (χ2n) is 10.6. The first kappa shape index (κ1) is 36.1. The van der Waals surface area contributed by atoms with Crippen LogP contribution in [0.5, 0.6) is 0 Å². The zero-order valence-electron chi connectivity index (χ0n) is 24.1. The average molecular weight is 500 g/mol. The molecule has 0 aliphatic carbocycles. The highest BCUT2D eigenvalue weighted by Crippen LogP contribution is 2.14. The predicted molar refractivity (Wildman–Crippen MR) is 161 cm³/mol. The summed E-state index contributed by atoms with van der Waals surface area (Å²) in [5.41, 5.74) is 0. The first-order chi connectivity index (χ1) is 16.3. The van der Waals surface area contributed by atoms with E-state index in [0.717, 1.165) is 6.54 Å². The van der Waals surface area contributed by atoms with Crippen LogP contribution in [0.3, 0.4) is 0 Å². The lowest BCUT2D eigenvalue weighted by atomic mass is 10.0. The molecule has 0 saturated carbocycles. The standard InChI is InChI=1S/C32H65N.ClH/c1-4-7-10-12-14-16-18-20-22-24-26-28-31-33(30-9-6-3)32-29-27-25-23-21-19-17-15-13-11-8-5-2;/h6,9H,4-5,7-8,10-32H2,1-3H3;1H/b9-6+;. The van der Waals surface area contributed by atoms with E-state index >= 15 is 0 Å². The van der Waals surface area contributed by atoms with Crippen LogP contribution in [0.15, 0.2) is 12.2 Å². The molecule has 0 rings (SSSR count). The lowest BCUT2D eigenvalue weighted by molar-refractivity contribution is 0.285. The van der Waals surface area contributed by atoms with Crippen molar-refractivity contribution in [1.82, 2.24) is 4.90 Å². The van der Waals surface area contributed by atoms with Gasteiger partial charge in [-0.2, -0.15) is 0 Å². The summed E-state index contributed by atoms with van der Waals surface area (Å²) in [5.74, 6) is 0. The van der Waals surface area contributed by atoms with E-state index in [4.69, 9.17) is 0 Å². The van der Waals surface area contributed by atoms with Crippen LogP contribution in [-0.4, -0.2) is 24.5 Å². The Morgan fingerprint density at radius 2 is 0.676 bits per heavy atom. The summed E-state index contributed by atoms with van der Waals surface area (Å²) in [5, 5.41) is 0. The molecule has 0 heterocycles. The van der Waals surface area contributed by atoms with Crippen molar-refractivity contribution < 1.29 is 0 Å². The molecule has 0 radical (unpaired) electrons. The minimum absolute atomic E-state index is 0. The van der Waals surface area contributed by atoms with Crippen molar-refractivity contribution in [3.8, 4) is 0 Å². The normalized spacial score (nSPS) is 11.5. The van der Waals surface area contributed by atoms with Gasteiger partial charge in [0, 0.05) is 6.54 Å². The van der Waals surface area contributed by atoms with Gasteiger partial charge in [-0.1, -0.05) is 167 Å². The Kier molecular flexibility index (Phi) is 35.1. The molecule has 0 aromatic heterocycles. The third-order valence-corrected chi connectivity index (χ3v) is 7.26. The highest BCUT2D eigenvalue weighted by atomic mass is 35.5. The molecule has 0 aromatic carbocycles. The number of halogens is 1. The summed E-state index contributed by atoms with van der Waals surface area (Å²) in [6.45, 7) is 10.5. The number of hydrogen-bond donors (Lipinski definition) is 0. The maximum atomic E-state index is 2.70. The average Bonchev–Trinajstić information content (AvgIpc) is 2.83. The quantitative estimate of drug-likeness (QED) is 0.0763. The Morgan fingerprint density at radius 3 is 0.941 bits per heavy atom. The largest absolute Gasteiger partial charge is 0.300 e. The van der Waals surface area contributed by atoms with Crippen molar-refractivity contribution in [2.75, 3.05) is 19.6 Å². The van der Waals surface area contributed by atoms with Gasteiger partial charge in [-0.15, -0.1) is 12.4 Å². The first-order valence-electron chi connectivity index (χ1n) is 15.7. The first-order valence-corrected chi connectivity index (χ1v) is 15.7. The number of nitrogens with zero attached hydrogens (tertiary/aromatic N) is 1. The maximum absolute atomic E-state index is 2.70. The lowest BCUT2D eigenvalue weighted by Gasteiger charge is -2.20. The Bertz CT molecular complexity index is 340. The van der Waals surface area contributed by atoms with Crippen LogP contribution < -0.4 is 0 Å². The third-order valence-electron chi connectivity index (χ3n) is 7.26. The van der Waals surface area contributed by atoms with E-state index < -0.39 is 0 Å². The van der Waals surface area contributed by atoms with Crippen LogP contribution in [0, 0.1) is 0 Å². The molecule has 0 N–H and O–H groups in total. The summed E-state index contributed by atoms with van der Waals surface area (Å²) in [7, 11) is 0. The van der Waals surface area contributed by atoms with Crippen molar-refractivity contribution >= 4 is 12.4 Å². The Balaban J connectivity index is 0. The SMILES string of the molecule is C/C=C/CN(CCCCCCCCCCCCCC)CCCCCCCCCCCCCC.Cl. The van der Waals surface area contributed by atoms with E-state index in [0.29, 0.717) is 0 Å². The van der Waals surface area contributed by atoms with E-state index in [1.807, 2.05) is 0 Å². The van der Waals surface area contributed by atoms with Crippen molar-refractivity contribution in [1.29, 1.82) is 0 Å². The van der Waals surface area contributed by atoms with Gasteiger partial charge >= 0.3 is 0 Å². The van der Waals surface area contributed by atoms with Crippen LogP contribution in [-0.2, 0) is 0 Å². The summed E-state index contributed by atoms with van der Waals surface area (Å²) in [6, 6.07) is 0. The van der Waals surface area contributed by atoms with Crippen molar-refractivity contribution in [3.05, 3.63) is 12.2 Å². The molecule has 0 atom stereocenters. The molecule has 0 saturated heterocycles. The molecule has 0 fully saturated rings. The van der Waals surface area contributed by atoms with Gasteiger partial charge in [0.25, 0.3) is 0 Å². The number of allylic oxidation sites excluding steroid dienone is 1. The molecule has 0 aliphatic heterocycles. The zero-order chi connectivity index (χ0) is 24.1. The van der Waals surface area contributed by atoms with E-state index in [2.05, 4.69) is 37.8 Å². The monoisotopic (exact) mass is 499 g/mol. The van der Waals surface area contributed by atoms with Crippen LogP contribution >= 0.6 is 12.4 Å². The number of hydrogen-bond acceptors (Lipinski definition) is 1. The molecule has 0 spiro atoms. The minimum Gasteiger partial charge on any atom is -0.300 e. The topological polar surface area (TPSA) is 3.24 Å². The fourth-order valence-corrected chi connectivity index (χ4v) is 4.90. The zero-order valence-corrected chi connectivity index (χ0v) is 24.9. The summed E-state index contributed by atoms with van der Waals surface area (Å²) in [6.07, 6.45) is 39.3. The summed E-state index contributed by atoms with van der Waals surface area (Å²) < 4.78 is 0. The molecule has 1 nitrogen and oxygen atoms in total. The van der Waals surface area contributed by atoms with Crippen molar-refractivity contribution in [2.24, 2.45) is 0 Å². The van der Waals surface area contributed by atoms with Gasteiger partial charge in [-0.05, 0) is 32.9 Å². The van der Waals surface area contributed by atoms with Gasteiger partial charge in [0.05, 0.1) is 0 Å². The molecule has 0 aromatic rings. The Hall–Kier alpha value is -0.0100. The van der Waals surface area contributed by atoms with Crippen molar-refractivity contribution in [3.63, 3.8) is 0 Å². The van der Waals surface area contributed by atoms with E-state index in [1.165, 1.54) is 167 Å². The van der Waals surface area contributed by atoms with Crippen molar-refractivity contribution in [2.45, 2.75) is 175 Å². The molecule has 0 amide bonds. The minimum atomic E-state index is 0. The van der Waals surface area contributed by atoms with E-state index in [9.17, 15) is 0 Å². The molecule has 206 valence electrons. The number of unbranched alkanes of at least 4 members (excludes halogenated alkanes) is 22. The van der Waals surface area contributed by atoms with E-state index in [1.54, 1.807) is 0 Å². The molecular weight excluding hydrogens is 434 g/mol. The number of rotatable bonds is 28. The van der Waals surface area contributed by atoms with Crippen LogP contribution in [0.2, 0.25) is 0 Å². The molecule has 0 unspecified atom stereocenters. The molecule has 34 heavy (non-hydrogen) atoms. The second kappa shape index (κ2) is 33.0. The van der Waals surface area contributed by atoms with Gasteiger partial charge in [-0.3, -0.25) is 4.90 Å². The molecule has 2 heteroatoms. The summed E-state index contributed by atoms with van der Waals surface area (Å²) >= 11 is 0. The van der Waals surface area contributed by atoms with Crippen LogP contribution in [0.4, 0.5) is 0 Å². The highest BCUT2D eigenvalue weighted by molar-refractivity contribution is 5.85. The predicted octanol–water partition coefficient (Wildman–Crippen LogP) is 11.7. The maximum Gasteiger partial charge on any atom is 0.0163 e. The van der Waals surface area contributed by atoms with Crippen LogP contribution in [0.25, 0.3) is 0 Å². The van der Waals surface area contributed by atoms with Gasteiger partial charge in [-0.25, -0.2) is 0 Å². The fourth-order valence-electron chi connectivity index (χ4n) is 4.90. The fraction of sp³-hybridized carbons (Fsp3) is 0.938. The van der Waals surface area contributed by atoms with Gasteiger partial charge in [0.1, 0.15) is 0 Å². The third kappa shape index (κ3) is 30.0. The summed E-state index contributed by atoms with van der Waals surface area (Å²) in [4.78, 5) is 2.70. The Labute approximate surface area is 223 Å². The van der Waals surface area contributed by atoms with Crippen LogP contribution in [0.1, 0.15) is 175 Å². The van der Waals surface area contributed by atoms with Gasteiger partial charge in [0.15, 0.2) is 0 Å². The lowest BCUT2D eigenvalue weighted by Crippen LogP contribution is -2.26. The molecule has 0 aliphatic rings. The highest BCUT2D eigenvalue weighted by Gasteiger charge is 2.03. The molecule has 0 bridgehead atoms. The Morgan fingerprint density at radius 1 is 0.412 bits per heavy atom. The van der Waals surface area contributed by atoms with E-state index in [-0.39, 0.29) is 12.4 Å². The van der Waals surface area contributed by atoms with Gasteiger partial charge < -0.3 is 0 Å².